The molecule has 0 heterocycles. The van der Waals surface area contributed by atoms with E-state index < -0.39 is 18.1 Å². The number of hydrogen-bond donors (Lipinski definition) is 3. The number of fused-ring (bicyclic) bond motifs is 3. The molecule has 0 fully saturated rings. The summed E-state index contributed by atoms with van der Waals surface area (Å²) in [5.74, 6) is -1.79. The molecule has 33 heavy (non-hydrogen) atoms. The van der Waals surface area contributed by atoms with Crippen LogP contribution in [0.15, 0.2) is 61.2 Å². The first-order valence-electron chi connectivity index (χ1n) is 11.1. The fourth-order valence-electron chi connectivity index (χ4n) is 4.08. The largest absolute Gasteiger partial charge is 0.480 e. The Kier molecular flexibility index (Phi) is 8.24. The highest BCUT2D eigenvalue weighted by Gasteiger charge is 2.29. The number of nitrogens with one attached hydrogen (secondary N) is 2. The normalized spacial score (nSPS) is 13.8. The van der Waals surface area contributed by atoms with Gasteiger partial charge in [-0.2, -0.15) is 0 Å². The Morgan fingerprint density at radius 1 is 1.09 bits per heavy atom. The molecule has 2 amide bonds. The summed E-state index contributed by atoms with van der Waals surface area (Å²) in [6.07, 6.45) is 2.21. The maximum Gasteiger partial charge on any atom is 0.407 e. The van der Waals surface area contributed by atoms with Crippen molar-refractivity contribution in [3.63, 3.8) is 0 Å². The van der Waals surface area contributed by atoms with Gasteiger partial charge in [-0.1, -0.05) is 61.5 Å². The lowest BCUT2D eigenvalue weighted by atomic mass is 9.98. The van der Waals surface area contributed by atoms with E-state index in [1.807, 2.05) is 24.3 Å². The van der Waals surface area contributed by atoms with Gasteiger partial charge in [-0.3, -0.25) is 4.79 Å². The third-order valence-electron chi connectivity index (χ3n) is 5.89. The average molecular weight is 451 g/mol. The molecule has 7 nitrogen and oxygen atoms in total. The van der Waals surface area contributed by atoms with Crippen LogP contribution in [0.2, 0.25) is 0 Å². The van der Waals surface area contributed by atoms with Crippen molar-refractivity contribution >= 4 is 18.0 Å². The summed E-state index contributed by atoms with van der Waals surface area (Å²) in [4.78, 5) is 35.6. The van der Waals surface area contributed by atoms with Gasteiger partial charge in [0.2, 0.25) is 5.91 Å². The van der Waals surface area contributed by atoms with E-state index in [-0.39, 0.29) is 30.8 Å². The monoisotopic (exact) mass is 450 g/mol. The Bertz CT molecular complexity index is 974. The average Bonchev–Trinajstić information content (AvgIpc) is 3.13. The summed E-state index contributed by atoms with van der Waals surface area (Å²) >= 11 is 0. The van der Waals surface area contributed by atoms with E-state index in [1.165, 1.54) is 17.2 Å². The van der Waals surface area contributed by atoms with E-state index in [9.17, 15) is 14.4 Å². The standard InChI is InChI=1S/C26H30N2O5/c1-3-9-23(25(30)31)28-24(29)17(2)10-8-15-27-26(32)33-16-22-20-13-6-4-11-18(20)19-12-5-7-14-21(19)22/h3-7,11-14,17,22-23H,1,8-10,15-16H2,2H3,(H,27,32)(H,28,29)(H,30,31). The van der Waals surface area contributed by atoms with Crippen molar-refractivity contribution in [3.05, 3.63) is 72.3 Å². The number of rotatable bonds is 11. The van der Waals surface area contributed by atoms with Gasteiger partial charge < -0.3 is 20.5 Å². The smallest absolute Gasteiger partial charge is 0.407 e. The summed E-state index contributed by atoms with van der Waals surface area (Å²) < 4.78 is 5.50. The SMILES string of the molecule is C=CCC(NC(=O)C(C)CCCNC(=O)OCC1c2ccccc2-c2ccccc21)C(=O)O. The van der Waals surface area contributed by atoms with E-state index in [1.54, 1.807) is 6.92 Å². The minimum absolute atomic E-state index is 0.00427. The number of benzene rings is 2. The van der Waals surface area contributed by atoms with E-state index in [2.05, 4.69) is 41.5 Å². The number of ether oxygens (including phenoxy) is 1. The molecule has 3 N–H and O–H groups in total. The van der Waals surface area contributed by atoms with Gasteiger partial charge in [0.05, 0.1) is 0 Å². The van der Waals surface area contributed by atoms with Crippen molar-refractivity contribution in [1.82, 2.24) is 10.6 Å². The van der Waals surface area contributed by atoms with Gasteiger partial charge >= 0.3 is 12.1 Å². The molecule has 0 saturated heterocycles. The minimum Gasteiger partial charge on any atom is -0.480 e. The number of alkyl carbamates (subject to hydrolysis) is 1. The molecule has 2 atom stereocenters. The van der Waals surface area contributed by atoms with Crippen LogP contribution in [0, 0.1) is 5.92 Å². The fraction of sp³-hybridized carbons (Fsp3) is 0.346. The number of amides is 2. The zero-order valence-electron chi connectivity index (χ0n) is 18.8. The number of carbonyl (C=O) groups is 3. The van der Waals surface area contributed by atoms with Crippen molar-refractivity contribution in [2.75, 3.05) is 13.2 Å². The lowest BCUT2D eigenvalue weighted by Gasteiger charge is -2.17. The molecule has 2 aromatic rings. The molecule has 3 rings (SSSR count). The number of carbonyl (C=O) groups excluding carboxylic acids is 2. The molecule has 0 aliphatic heterocycles. The van der Waals surface area contributed by atoms with Crippen molar-refractivity contribution in [3.8, 4) is 11.1 Å². The first-order chi connectivity index (χ1) is 15.9. The summed E-state index contributed by atoms with van der Waals surface area (Å²) in [7, 11) is 0. The molecule has 0 spiro atoms. The molecule has 174 valence electrons. The summed E-state index contributed by atoms with van der Waals surface area (Å²) in [5.41, 5.74) is 4.66. The predicted octanol–water partition coefficient (Wildman–Crippen LogP) is 4.09. The second kappa shape index (κ2) is 11.3. The lowest BCUT2D eigenvalue weighted by molar-refractivity contribution is -0.142. The quantitative estimate of drug-likeness (QED) is 0.353. The topological polar surface area (TPSA) is 105 Å². The first-order valence-corrected chi connectivity index (χ1v) is 11.1. The Morgan fingerprint density at radius 2 is 1.70 bits per heavy atom. The van der Waals surface area contributed by atoms with Crippen molar-refractivity contribution in [1.29, 1.82) is 0 Å². The second-order valence-electron chi connectivity index (χ2n) is 8.22. The van der Waals surface area contributed by atoms with Crippen molar-refractivity contribution in [2.45, 2.75) is 38.1 Å². The summed E-state index contributed by atoms with van der Waals surface area (Å²) in [5, 5.41) is 14.4. The van der Waals surface area contributed by atoms with Gasteiger partial charge in [0.15, 0.2) is 0 Å². The van der Waals surface area contributed by atoms with Crippen LogP contribution in [0.1, 0.15) is 43.2 Å². The van der Waals surface area contributed by atoms with Gasteiger partial charge in [-0.15, -0.1) is 6.58 Å². The zero-order chi connectivity index (χ0) is 23.8. The second-order valence-corrected chi connectivity index (χ2v) is 8.22. The van der Waals surface area contributed by atoms with Crippen LogP contribution < -0.4 is 10.6 Å². The van der Waals surface area contributed by atoms with E-state index in [0.717, 1.165) is 11.1 Å². The van der Waals surface area contributed by atoms with Crippen LogP contribution in [0.25, 0.3) is 11.1 Å². The number of aliphatic carboxylic acids is 1. The zero-order valence-corrected chi connectivity index (χ0v) is 18.8. The highest BCUT2D eigenvalue weighted by Crippen LogP contribution is 2.44. The summed E-state index contributed by atoms with van der Waals surface area (Å²) in [6, 6.07) is 15.3. The number of carboxylic acids is 1. The molecule has 1 aliphatic rings. The lowest BCUT2D eigenvalue weighted by Crippen LogP contribution is -2.42. The van der Waals surface area contributed by atoms with Crippen LogP contribution in [-0.4, -0.2) is 42.3 Å². The van der Waals surface area contributed by atoms with E-state index in [0.29, 0.717) is 19.4 Å². The molecular weight excluding hydrogens is 420 g/mol. The maximum atomic E-state index is 12.2. The van der Waals surface area contributed by atoms with Gasteiger partial charge in [-0.05, 0) is 41.5 Å². The Balaban J connectivity index is 1.41. The van der Waals surface area contributed by atoms with Gasteiger partial charge in [0.1, 0.15) is 12.6 Å². The van der Waals surface area contributed by atoms with E-state index >= 15 is 0 Å². The van der Waals surface area contributed by atoms with Crippen LogP contribution >= 0.6 is 0 Å². The molecule has 0 aromatic heterocycles. The highest BCUT2D eigenvalue weighted by atomic mass is 16.5. The molecule has 7 heteroatoms. The molecule has 1 aliphatic carbocycles. The molecule has 0 bridgehead atoms. The van der Waals surface area contributed by atoms with Crippen molar-refractivity contribution < 1.29 is 24.2 Å². The Labute approximate surface area is 193 Å². The van der Waals surface area contributed by atoms with Gasteiger partial charge in [0, 0.05) is 18.4 Å². The van der Waals surface area contributed by atoms with E-state index in [4.69, 9.17) is 9.84 Å². The molecular formula is C26H30N2O5. The van der Waals surface area contributed by atoms with Crippen molar-refractivity contribution in [2.24, 2.45) is 5.92 Å². The van der Waals surface area contributed by atoms with Crippen LogP contribution in [0.3, 0.4) is 0 Å². The Hall–Kier alpha value is -3.61. The molecule has 2 aromatic carbocycles. The highest BCUT2D eigenvalue weighted by molar-refractivity contribution is 5.84. The number of carboxylic acid groups (broad SMARTS) is 1. The van der Waals surface area contributed by atoms with Gasteiger partial charge in [-0.25, -0.2) is 9.59 Å². The summed E-state index contributed by atoms with van der Waals surface area (Å²) in [6.45, 7) is 5.85. The first kappa shape index (κ1) is 24.0. The Morgan fingerprint density at radius 3 is 2.27 bits per heavy atom. The fourth-order valence-corrected chi connectivity index (χ4v) is 4.08. The third kappa shape index (κ3) is 6.00. The molecule has 0 saturated carbocycles. The predicted molar refractivity (Wildman–Crippen MR) is 126 cm³/mol. The minimum atomic E-state index is -1.09. The maximum absolute atomic E-state index is 12.2. The van der Waals surface area contributed by atoms with Gasteiger partial charge in [0.25, 0.3) is 0 Å². The molecule has 2 unspecified atom stereocenters. The van der Waals surface area contributed by atoms with Crippen LogP contribution in [0.5, 0.6) is 0 Å². The molecule has 0 radical (unpaired) electrons. The van der Waals surface area contributed by atoms with Crippen LogP contribution in [0.4, 0.5) is 4.79 Å². The van der Waals surface area contributed by atoms with Crippen LogP contribution in [-0.2, 0) is 14.3 Å². The third-order valence-corrected chi connectivity index (χ3v) is 5.89. The number of hydrogen-bond acceptors (Lipinski definition) is 4.